The summed E-state index contributed by atoms with van der Waals surface area (Å²) in [5.41, 5.74) is 0.978. The first-order chi connectivity index (χ1) is 9.41. The van der Waals surface area contributed by atoms with Crippen molar-refractivity contribution in [2.24, 2.45) is 5.84 Å². The van der Waals surface area contributed by atoms with Crippen LogP contribution in [0.3, 0.4) is 0 Å². The number of hydrogen-bond acceptors (Lipinski definition) is 6. The van der Waals surface area contributed by atoms with Crippen molar-refractivity contribution in [2.45, 2.75) is 32.4 Å². The molecule has 0 bridgehead atoms. The monoisotopic (exact) mass is 281 g/mol. The summed E-state index contributed by atoms with van der Waals surface area (Å²) in [6, 6.07) is 0.824. The Balaban J connectivity index is 2.14. The van der Waals surface area contributed by atoms with Gasteiger partial charge in [-0.25, -0.2) is 10.6 Å². The lowest BCUT2D eigenvalue weighted by Crippen LogP contribution is -2.43. The predicted molar refractivity (Wildman–Crippen MR) is 65.9 cm³/mol. The Morgan fingerprint density at radius 3 is 2.85 bits per heavy atom. The van der Waals surface area contributed by atoms with Crippen molar-refractivity contribution in [3.05, 3.63) is 17.5 Å². The Hall–Kier alpha value is -2.42. The van der Waals surface area contributed by atoms with Gasteiger partial charge in [0.25, 0.3) is 11.8 Å². The molecular formula is C11H15N5O4. The minimum Gasteiger partial charge on any atom is -0.359 e. The molecule has 1 fully saturated rings. The van der Waals surface area contributed by atoms with E-state index in [2.05, 4.69) is 10.5 Å². The molecule has 2 rings (SSSR count). The van der Waals surface area contributed by atoms with E-state index in [0.717, 1.165) is 4.90 Å². The summed E-state index contributed by atoms with van der Waals surface area (Å²) in [6.07, 6.45) is 0.477. The topological polar surface area (TPSA) is 131 Å². The number of carbonyl (C=O) groups is 3. The van der Waals surface area contributed by atoms with Crippen LogP contribution in [0.25, 0.3) is 0 Å². The molecule has 1 aromatic heterocycles. The molecule has 0 aromatic carbocycles. The van der Waals surface area contributed by atoms with Crippen molar-refractivity contribution in [1.82, 2.24) is 20.8 Å². The molecule has 4 N–H and O–H groups in total. The molecule has 0 saturated carbocycles. The summed E-state index contributed by atoms with van der Waals surface area (Å²) < 4.78 is 4.91. The van der Waals surface area contributed by atoms with E-state index in [1.54, 1.807) is 13.8 Å². The number of nitrogens with two attached hydrogens (primary N) is 1. The van der Waals surface area contributed by atoms with Gasteiger partial charge in [0.05, 0.1) is 6.54 Å². The summed E-state index contributed by atoms with van der Waals surface area (Å²) in [5, 5.41) is 6.12. The SMILES string of the molecule is CCC1(C)NC(=O)N(Cc2cc(C(=O)NN)no2)C1=O. The smallest absolute Gasteiger partial charge is 0.325 e. The van der Waals surface area contributed by atoms with Gasteiger partial charge in [0, 0.05) is 6.07 Å². The predicted octanol–water partition coefficient (Wildman–Crippen LogP) is -0.501. The quantitative estimate of drug-likeness (QED) is 0.295. The Morgan fingerprint density at radius 1 is 1.60 bits per heavy atom. The van der Waals surface area contributed by atoms with E-state index in [1.807, 2.05) is 5.43 Å². The Bertz CT molecular complexity index is 569. The molecule has 1 atom stereocenters. The summed E-state index contributed by atoms with van der Waals surface area (Å²) in [6.45, 7) is 3.37. The fraction of sp³-hybridized carbons (Fsp3) is 0.455. The molecule has 2 heterocycles. The molecule has 108 valence electrons. The maximum atomic E-state index is 12.2. The third-order valence-electron chi connectivity index (χ3n) is 3.29. The van der Waals surface area contributed by atoms with E-state index < -0.39 is 17.5 Å². The average molecular weight is 281 g/mol. The first-order valence-electron chi connectivity index (χ1n) is 6.02. The first kappa shape index (κ1) is 14.0. The zero-order valence-electron chi connectivity index (χ0n) is 11.1. The molecule has 1 unspecified atom stereocenters. The maximum absolute atomic E-state index is 12.2. The number of nitrogens with one attached hydrogen (secondary N) is 2. The fourth-order valence-corrected chi connectivity index (χ4v) is 1.85. The van der Waals surface area contributed by atoms with E-state index in [-0.39, 0.29) is 23.9 Å². The van der Waals surface area contributed by atoms with E-state index in [9.17, 15) is 14.4 Å². The van der Waals surface area contributed by atoms with Gasteiger partial charge in [-0.15, -0.1) is 0 Å². The highest BCUT2D eigenvalue weighted by Gasteiger charge is 2.46. The minimum atomic E-state index is -0.908. The van der Waals surface area contributed by atoms with Crippen LogP contribution in [0.15, 0.2) is 10.6 Å². The first-order valence-corrected chi connectivity index (χ1v) is 6.02. The molecule has 4 amide bonds. The highest BCUT2D eigenvalue weighted by molar-refractivity contribution is 6.06. The highest BCUT2D eigenvalue weighted by Crippen LogP contribution is 2.22. The van der Waals surface area contributed by atoms with Gasteiger partial charge in [-0.3, -0.25) is 19.9 Å². The third kappa shape index (κ3) is 2.23. The lowest BCUT2D eigenvalue weighted by molar-refractivity contribution is -0.131. The molecule has 9 heteroatoms. The van der Waals surface area contributed by atoms with Gasteiger partial charge >= 0.3 is 6.03 Å². The molecule has 9 nitrogen and oxygen atoms in total. The van der Waals surface area contributed by atoms with Crippen molar-refractivity contribution in [2.75, 3.05) is 0 Å². The van der Waals surface area contributed by atoms with Crippen molar-refractivity contribution in [3.8, 4) is 0 Å². The summed E-state index contributed by atoms with van der Waals surface area (Å²) in [5.74, 6) is 4.22. The van der Waals surface area contributed by atoms with Gasteiger partial charge in [0.1, 0.15) is 5.54 Å². The lowest BCUT2D eigenvalue weighted by Gasteiger charge is -2.18. The van der Waals surface area contributed by atoms with Crippen LogP contribution >= 0.6 is 0 Å². The molecule has 1 saturated heterocycles. The van der Waals surface area contributed by atoms with Crippen LogP contribution in [-0.4, -0.2) is 33.4 Å². The van der Waals surface area contributed by atoms with E-state index in [0.29, 0.717) is 6.42 Å². The molecule has 1 aromatic rings. The molecule has 0 spiro atoms. The van der Waals surface area contributed by atoms with E-state index >= 15 is 0 Å². The molecule has 20 heavy (non-hydrogen) atoms. The molecule has 0 radical (unpaired) electrons. The van der Waals surface area contributed by atoms with Crippen LogP contribution in [-0.2, 0) is 11.3 Å². The van der Waals surface area contributed by atoms with Crippen LogP contribution in [0.4, 0.5) is 4.79 Å². The second-order valence-corrected chi connectivity index (χ2v) is 4.66. The number of nitrogens with zero attached hydrogens (tertiary/aromatic N) is 2. The molecule has 1 aliphatic rings. The van der Waals surface area contributed by atoms with Crippen molar-refractivity contribution in [1.29, 1.82) is 0 Å². The van der Waals surface area contributed by atoms with Gasteiger partial charge in [0.15, 0.2) is 11.5 Å². The van der Waals surface area contributed by atoms with Crippen molar-refractivity contribution >= 4 is 17.8 Å². The van der Waals surface area contributed by atoms with Crippen LogP contribution in [0.1, 0.15) is 36.5 Å². The highest BCUT2D eigenvalue weighted by atomic mass is 16.5. The molecule has 1 aliphatic heterocycles. The van der Waals surface area contributed by atoms with Crippen LogP contribution in [0, 0.1) is 0 Å². The van der Waals surface area contributed by atoms with Gasteiger partial charge in [-0.1, -0.05) is 12.1 Å². The zero-order chi connectivity index (χ0) is 14.9. The Labute approximate surface area is 114 Å². The van der Waals surface area contributed by atoms with Gasteiger partial charge in [-0.2, -0.15) is 0 Å². The molecule has 0 aliphatic carbocycles. The van der Waals surface area contributed by atoms with Gasteiger partial charge in [-0.05, 0) is 13.3 Å². The number of nitrogen functional groups attached to an aromatic ring is 1. The Kier molecular flexibility index (Phi) is 3.45. The number of amides is 4. The largest absolute Gasteiger partial charge is 0.359 e. The van der Waals surface area contributed by atoms with Gasteiger partial charge in [0.2, 0.25) is 0 Å². The Morgan fingerprint density at radius 2 is 2.30 bits per heavy atom. The number of carbonyl (C=O) groups excluding carboxylic acids is 3. The second-order valence-electron chi connectivity index (χ2n) is 4.66. The lowest BCUT2D eigenvalue weighted by atomic mass is 9.99. The fourth-order valence-electron chi connectivity index (χ4n) is 1.85. The number of hydrogen-bond donors (Lipinski definition) is 3. The number of imide groups is 1. The summed E-state index contributed by atoms with van der Waals surface area (Å²) >= 11 is 0. The average Bonchev–Trinajstić information content (AvgIpc) is 2.98. The van der Waals surface area contributed by atoms with E-state index in [1.165, 1.54) is 6.07 Å². The van der Waals surface area contributed by atoms with Gasteiger partial charge < -0.3 is 9.84 Å². The van der Waals surface area contributed by atoms with Crippen LogP contribution in [0.5, 0.6) is 0 Å². The van der Waals surface area contributed by atoms with Crippen molar-refractivity contribution < 1.29 is 18.9 Å². The number of rotatable bonds is 4. The number of hydrazine groups is 1. The van der Waals surface area contributed by atoms with Crippen LogP contribution in [0.2, 0.25) is 0 Å². The van der Waals surface area contributed by atoms with Crippen LogP contribution < -0.4 is 16.6 Å². The zero-order valence-corrected chi connectivity index (χ0v) is 11.1. The second kappa shape index (κ2) is 4.93. The maximum Gasteiger partial charge on any atom is 0.325 e. The van der Waals surface area contributed by atoms with E-state index in [4.69, 9.17) is 10.4 Å². The summed E-state index contributed by atoms with van der Waals surface area (Å²) in [4.78, 5) is 36.2. The summed E-state index contributed by atoms with van der Waals surface area (Å²) in [7, 11) is 0. The number of aromatic nitrogens is 1. The minimum absolute atomic E-state index is 0.0205. The normalized spacial score (nSPS) is 22.1. The standard InChI is InChI=1S/C11H15N5O4/c1-3-11(2)9(18)16(10(19)13-11)5-6-4-7(15-20-6)8(17)14-12/h4H,3,5,12H2,1-2H3,(H,13,19)(H,14,17). The molecular weight excluding hydrogens is 266 g/mol. The number of urea groups is 1. The third-order valence-corrected chi connectivity index (χ3v) is 3.29. The van der Waals surface area contributed by atoms with Crippen molar-refractivity contribution in [3.63, 3.8) is 0 Å².